The van der Waals surface area contributed by atoms with Crippen LogP contribution in [0.3, 0.4) is 0 Å². The van der Waals surface area contributed by atoms with E-state index in [-0.39, 0.29) is 29.3 Å². The summed E-state index contributed by atoms with van der Waals surface area (Å²) in [7, 11) is 1.22. The number of hydrogen-bond acceptors (Lipinski definition) is 9. The number of rotatable bonds is 6. The predicted molar refractivity (Wildman–Crippen MR) is 135 cm³/mol. The molecule has 0 amide bonds. The van der Waals surface area contributed by atoms with E-state index in [1.165, 1.54) is 30.6 Å². The largest absolute Gasteiger partial charge is 0.480 e. The van der Waals surface area contributed by atoms with Gasteiger partial charge >= 0.3 is 11.9 Å². The number of benzene rings is 1. The Morgan fingerprint density at radius 1 is 1.42 bits per heavy atom. The molecule has 36 heavy (non-hydrogen) atoms. The highest BCUT2D eigenvalue weighted by Gasteiger charge is 2.44. The molecule has 2 atom stereocenters. The molecule has 1 fully saturated rings. The number of morpholine rings is 1. The summed E-state index contributed by atoms with van der Waals surface area (Å²) in [6.45, 7) is 6.21. The molecule has 2 aliphatic rings. The molecule has 0 bridgehead atoms. The van der Waals surface area contributed by atoms with Crippen LogP contribution in [0.25, 0.3) is 0 Å². The average Bonchev–Trinajstić information content (AvgIpc) is 3.41. The van der Waals surface area contributed by atoms with E-state index in [0.29, 0.717) is 29.7 Å². The van der Waals surface area contributed by atoms with Gasteiger partial charge in [0.2, 0.25) is 0 Å². The van der Waals surface area contributed by atoms with Crippen LogP contribution in [0.1, 0.15) is 37.4 Å². The molecule has 2 N–H and O–H groups in total. The molecule has 0 spiro atoms. The van der Waals surface area contributed by atoms with Gasteiger partial charge in [0.05, 0.1) is 25.9 Å². The molecule has 1 aromatic carbocycles. The molecule has 194 valence electrons. The van der Waals surface area contributed by atoms with Gasteiger partial charge in [0, 0.05) is 40.9 Å². The summed E-state index contributed by atoms with van der Waals surface area (Å²) >= 11 is 7.25. The van der Waals surface area contributed by atoms with Crippen molar-refractivity contribution in [1.82, 2.24) is 15.2 Å². The molecular formula is C24H28ClFN4O5S. The lowest BCUT2D eigenvalue weighted by molar-refractivity contribution is -0.161. The monoisotopic (exact) mass is 538 g/mol. The van der Waals surface area contributed by atoms with E-state index < -0.39 is 29.3 Å². The fraction of sp³-hybridized carbons (Fsp3) is 0.417. The summed E-state index contributed by atoms with van der Waals surface area (Å²) in [6, 6.07) is 3.07. The van der Waals surface area contributed by atoms with Crippen LogP contribution in [0.15, 0.2) is 46.0 Å². The number of methoxy groups -OCH3 is 1. The van der Waals surface area contributed by atoms with Crippen LogP contribution in [0, 0.1) is 5.82 Å². The average molecular weight is 539 g/mol. The van der Waals surface area contributed by atoms with Crippen molar-refractivity contribution in [2.75, 3.05) is 33.4 Å². The molecule has 3 heterocycles. The van der Waals surface area contributed by atoms with Gasteiger partial charge in [-0.15, -0.1) is 11.3 Å². The predicted octanol–water partition coefficient (Wildman–Crippen LogP) is 3.66. The lowest BCUT2D eigenvalue weighted by Crippen LogP contribution is -2.61. The van der Waals surface area contributed by atoms with Crippen LogP contribution in [0.4, 0.5) is 4.39 Å². The first-order chi connectivity index (χ1) is 17.2. The summed E-state index contributed by atoms with van der Waals surface area (Å²) in [4.78, 5) is 35.6. The van der Waals surface area contributed by atoms with Crippen LogP contribution < -0.4 is 5.32 Å². The second-order valence-electron chi connectivity index (χ2n) is 7.95. The van der Waals surface area contributed by atoms with Crippen molar-refractivity contribution in [2.45, 2.75) is 32.4 Å². The molecule has 1 aromatic heterocycles. The van der Waals surface area contributed by atoms with E-state index in [9.17, 15) is 19.1 Å². The smallest absolute Gasteiger partial charge is 0.338 e. The van der Waals surface area contributed by atoms with E-state index >= 15 is 0 Å². The summed E-state index contributed by atoms with van der Waals surface area (Å²) < 4.78 is 25.4. The van der Waals surface area contributed by atoms with E-state index in [4.69, 9.17) is 21.1 Å². The van der Waals surface area contributed by atoms with Crippen LogP contribution >= 0.6 is 22.9 Å². The van der Waals surface area contributed by atoms with Gasteiger partial charge in [0.1, 0.15) is 17.4 Å². The highest BCUT2D eigenvalue weighted by Crippen LogP contribution is 2.36. The fourth-order valence-corrected chi connectivity index (χ4v) is 4.64. The maximum absolute atomic E-state index is 15.0. The van der Waals surface area contributed by atoms with Gasteiger partial charge in [-0.2, -0.15) is 0 Å². The minimum Gasteiger partial charge on any atom is -0.480 e. The number of aliphatic imine (C=N–C) groups is 1. The number of carbonyl (C=O) groups is 2. The van der Waals surface area contributed by atoms with Crippen LogP contribution in [0.2, 0.25) is 5.02 Å². The zero-order chi connectivity index (χ0) is 26.5. The molecule has 0 radical (unpaired) electrons. The molecule has 9 nitrogen and oxygen atoms in total. The van der Waals surface area contributed by atoms with E-state index in [2.05, 4.69) is 15.3 Å². The summed E-state index contributed by atoms with van der Waals surface area (Å²) in [6.07, 6.45) is 1.60. The van der Waals surface area contributed by atoms with Crippen LogP contribution in [0.5, 0.6) is 0 Å². The number of aromatic nitrogens is 1. The number of nitrogens with zero attached hydrogens (tertiary/aromatic N) is 3. The van der Waals surface area contributed by atoms with Gasteiger partial charge in [-0.1, -0.05) is 31.5 Å². The summed E-state index contributed by atoms with van der Waals surface area (Å²) in [5.74, 6) is -2.07. The Hall–Kier alpha value is -2.86. The fourth-order valence-electron chi connectivity index (χ4n) is 3.89. The van der Waals surface area contributed by atoms with Gasteiger partial charge in [0.15, 0.2) is 10.8 Å². The topological polar surface area (TPSA) is 113 Å². The van der Waals surface area contributed by atoms with Gasteiger partial charge in [-0.25, -0.2) is 14.2 Å². The molecule has 1 saturated heterocycles. The van der Waals surface area contributed by atoms with E-state index in [0.717, 1.165) is 6.07 Å². The Balaban J connectivity index is 0.00000176. The summed E-state index contributed by atoms with van der Waals surface area (Å²) in [5.41, 5.74) is -0.782. The van der Waals surface area contributed by atoms with Crippen molar-refractivity contribution in [1.29, 1.82) is 0 Å². The Morgan fingerprint density at radius 3 is 2.78 bits per heavy atom. The second-order valence-corrected chi connectivity index (χ2v) is 9.28. The number of nitrogens with one attached hydrogen (secondary N) is 1. The van der Waals surface area contributed by atoms with Crippen LogP contribution in [-0.2, 0) is 19.1 Å². The summed E-state index contributed by atoms with van der Waals surface area (Å²) in [5, 5.41) is 15.5. The molecule has 2 aromatic rings. The number of halogens is 2. The van der Waals surface area contributed by atoms with Gasteiger partial charge in [-0.05, 0) is 19.1 Å². The Kier molecular flexibility index (Phi) is 9.18. The number of esters is 1. The highest BCUT2D eigenvalue weighted by atomic mass is 35.5. The van der Waals surface area contributed by atoms with Crippen molar-refractivity contribution in [2.24, 2.45) is 4.99 Å². The number of hydrogen-bond donors (Lipinski definition) is 2. The lowest BCUT2D eigenvalue weighted by atomic mass is 9.93. The third kappa shape index (κ3) is 5.59. The first kappa shape index (κ1) is 27.7. The number of amidine groups is 1. The van der Waals surface area contributed by atoms with E-state index in [1.54, 1.807) is 23.4 Å². The van der Waals surface area contributed by atoms with Gasteiger partial charge in [0.25, 0.3) is 0 Å². The molecule has 0 unspecified atom stereocenters. The highest BCUT2D eigenvalue weighted by molar-refractivity contribution is 7.11. The molecule has 0 saturated carbocycles. The maximum atomic E-state index is 15.0. The minimum absolute atomic E-state index is 0.0220. The van der Waals surface area contributed by atoms with Crippen molar-refractivity contribution < 1.29 is 28.6 Å². The van der Waals surface area contributed by atoms with Gasteiger partial charge < -0.3 is 19.9 Å². The van der Waals surface area contributed by atoms with Crippen molar-refractivity contribution >= 4 is 40.7 Å². The number of carboxylic acid groups (broad SMARTS) is 1. The number of thiazole rings is 1. The van der Waals surface area contributed by atoms with Crippen molar-refractivity contribution in [3.05, 3.63) is 62.5 Å². The Bertz CT molecular complexity index is 1170. The molecule has 2 aliphatic heterocycles. The van der Waals surface area contributed by atoms with Gasteiger partial charge in [-0.3, -0.25) is 14.7 Å². The molecule has 0 aliphatic carbocycles. The van der Waals surface area contributed by atoms with Crippen LogP contribution in [-0.4, -0.2) is 71.7 Å². The first-order valence-electron chi connectivity index (χ1n) is 11.3. The SMILES string of the molecule is CC.COC(=O)C1=C(CN2CCOC[C@@]2(C)C(=O)O)NC(c2nccs2)=N[C@H]1c1ccc(Cl)cc1F. The lowest BCUT2D eigenvalue weighted by Gasteiger charge is -2.42. The maximum Gasteiger partial charge on any atom is 0.338 e. The number of carboxylic acids is 1. The number of aliphatic carboxylic acids is 1. The number of carbonyl (C=O) groups excluding carboxylic acids is 1. The second kappa shape index (κ2) is 11.9. The standard InChI is InChI=1S/C22H22ClFN4O5S.C2H6/c1-22(21(30)31)11-33-7-6-28(22)10-15-16(20(29)32-2)17(13-4-3-12(23)9-14(13)24)27-18(26-15)19-25-5-8-34-19;1-2/h3-5,8-9,17H,6-7,10-11H2,1-2H3,(H,26,27)(H,30,31);1-2H3/t17-,22-;/m0./s1. The minimum atomic E-state index is -1.33. The first-order valence-corrected chi connectivity index (χ1v) is 12.6. The van der Waals surface area contributed by atoms with Crippen molar-refractivity contribution in [3.63, 3.8) is 0 Å². The molecule has 4 rings (SSSR count). The quantitative estimate of drug-likeness (QED) is 0.536. The zero-order valence-electron chi connectivity index (χ0n) is 20.4. The normalized spacial score (nSPS) is 22.2. The Morgan fingerprint density at radius 2 is 2.17 bits per heavy atom. The number of ether oxygens (including phenoxy) is 2. The molecular weight excluding hydrogens is 511 g/mol. The van der Waals surface area contributed by atoms with E-state index in [1.807, 2.05) is 13.8 Å². The third-order valence-corrected chi connectivity index (χ3v) is 6.83. The zero-order valence-corrected chi connectivity index (χ0v) is 22.0. The Labute approximate surface area is 217 Å². The van der Waals surface area contributed by atoms with Crippen molar-refractivity contribution in [3.8, 4) is 0 Å². The third-order valence-electron chi connectivity index (χ3n) is 5.82. The molecule has 12 heteroatoms.